The summed E-state index contributed by atoms with van der Waals surface area (Å²) < 4.78 is 5.63. The monoisotopic (exact) mass is 488 g/mol. The summed E-state index contributed by atoms with van der Waals surface area (Å²) in [5, 5.41) is 10.4. The molecule has 0 bridgehead atoms. The van der Waals surface area contributed by atoms with Crippen LogP contribution in [0, 0.1) is 19.8 Å². The van der Waals surface area contributed by atoms with Crippen molar-refractivity contribution in [3.8, 4) is 11.4 Å². The molecule has 1 aliphatic rings. The van der Waals surface area contributed by atoms with Crippen molar-refractivity contribution in [2.75, 3.05) is 50.8 Å². The fraction of sp³-hybridized carbons (Fsp3) is 0.467. The molecule has 1 atom stereocenters. The number of nitrogens with zero attached hydrogens (tertiary/aromatic N) is 4. The Morgan fingerprint density at radius 3 is 2.36 bits per heavy atom. The van der Waals surface area contributed by atoms with Crippen LogP contribution in [0.1, 0.15) is 36.2 Å². The molecule has 1 saturated heterocycles. The van der Waals surface area contributed by atoms with Crippen molar-refractivity contribution >= 4 is 5.82 Å². The van der Waals surface area contributed by atoms with Gasteiger partial charge in [-0.05, 0) is 25.3 Å². The molecule has 1 N–H and O–H groups in total. The summed E-state index contributed by atoms with van der Waals surface area (Å²) in [5.74, 6) is 2.28. The van der Waals surface area contributed by atoms with E-state index in [1.807, 2.05) is 18.2 Å². The van der Waals surface area contributed by atoms with Gasteiger partial charge >= 0.3 is 0 Å². The maximum Gasteiger partial charge on any atom is 0.161 e. The molecular weight excluding hydrogens is 448 g/mol. The van der Waals surface area contributed by atoms with E-state index in [9.17, 15) is 5.11 Å². The Morgan fingerprint density at radius 1 is 0.917 bits per heavy atom. The Bertz CT molecular complexity index is 1110. The summed E-state index contributed by atoms with van der Waals surface area (Å²) in [6, 6.07) is 18.9. The quantitative estimate of drug-likeness (QED) is 0.453. The number of aromatic nitrogens is 2. The SMILES string of the molecule is Cc1cccc(Cc2c(C)nc(-c3ccccc3)nc2N2CCN(CC(O)COCC(C)C)CC2)c1. The Hall–Kier alpha value is -2.80. The second kappa shape index (κ2) is 12.4. The number of piperazine rings is 1. The third-order valence-corrected chi connectivity index (χ3v) is 6.59. The highest BCUT2D eigenvalue weighted by Crippen LogP contribution is 2.28. The molecule has 1 aliphatic heterocycles. The number of rotatable bonds is 10. The standard InChI is InChI=1S/C30H40N4O2/c1-22(2)20-36-21-27(35)19-33-13-15-34(16-14-33)30-28(18-25-10-8-9-23(3)17-25)24(4)31-29(32-30)26-11-6-5-7-12-26/h5-12,17,22,27,35H,13-16,18-21H2,1-4H3. The Morgan fingerprint density at radius 2 is 1.67 bits per heavy atom. The second-order valence-corrected chi connectivity index (χ2v) is 10.3. The van der Waals surface area contributed by atoms with Crippen molar-refractivity contribution in [1.82, 2.24) is 14.9 Å². The first-order valence-corrected chi connectivity index (χ1v) is 13.1. The largest absolute Gasteiger partial charge is 0.389 e. The number of β-amino-alcohol motifs (C(OH)–C–C–N with tert-alkyl or cyclic N) is 1. The Labute approximate surface area is 216 Å². The molecule has 1 fully saturated rings. The van der Waals surface area contributed by atoms with Gasteiger partial charge in [-0.15, -0.1) is 0 Å². The minimum Gasteiger partial charge on any atom is -0.389 e. The lowest BCUT2D eigenvalue weighted by molar-refractivity contribution is 0.00745. The number of hydrogen-bond donors (Lipinski definition) is 1. The zero-order chi connectivity index (χ0) is 25.5. The van der Waals surface area contributed by atoms with Crippen LogP contribution in [0.5, 0.6) is 0 Å². The molecule has 0 saturated carbocycles. The van der Waals surface area contributed by atoms with Crippen LogP contribution in [0.2, 0.25) is 0 Å². The highest BCUT2D eigenvalue weighted by molar-refractivity contribution is 5.61. The van der Waals surface area contributed by atoms with Crippen LogP contribution in [0.25, 0.3) is 11.4 Å². The van der Waals surface area contributed by atoms with Gasteiger partial charge in [-0.2, -0.15) is 0 Å². The van der Waals surface area contributed by atoms with Gasteiger partial charge in [0.1, 0.15) is 5.82 Å². The fourth-order valence-corrected chi connectivity index (χ4v) is 4.72. The zero-order valence-corrected chi connectivity index (χ0v) is 22.2. The smallest absolute Gasteiger partial charge is 0.161 e. The maximum absolute atomic E-state index is 10.4. The van der Waals surface area contributed by atoms with Gasteiger partial charge in [-0.1, -0.05) is 74.0 Å². The van der Waals surface area contributed by atoms with Crippen LogP contribution in [-0.4, -0.2) is 72.0 Å². The van der Waals surface area contributed by atoms with E-state index in [0.717, 1.165) is 55.5 Å². The molecule has 4 rings (SSSR count). The van der Waals surface area contributed by atoms with Crippen LogP contribution in [0.15, 0.2) is 54.6 Å². The van der Waals surface area contributed by atoms with Crippen LogP contribution >= 0.6 is 0 Å². The van der Waals surface area contributed by atoms with Crippen molar-refractivity contribution in [1.29, 1.82) is 0 Å². The van der Waals surface area contributed by atoms with Gasteiger partial charge < -0.3 is 14.7 Å². The van der Waals surface area contributed by atoms with Gasteiger partial charge in [0, 0.05) is 62.6 Å². The summed E-state index contributed by atoms with van der Waals surface area (Å²) in [6.45, 7) is 13.7. The summed E-state index contributed by atoms with van der Waals surface area (Å²) in [7, 11) is 0. The van der Waals surface area contributed by atoms with E-state index >= 15 is 0 Å². The lowest BCUT2D eigenvalue weighted by Gasteiger charge is -2.37. The molecule has 2 aromatic carbocycles. The maximum atomic E-state index is 10.4. The Balaban J connectivity index is 1.51. The molecule has 2 heterocycles. The zero-order valence-electron chi connectivity index (χ0n) is 22.2. The van der Waals surface area contributed by atoms with E-state index in [4.69, 9.17) is 14.7 Å². The molecule has 192 valence electrons. The average Bonchev–Trinajstić information content (AvgIpc) is 2.86. The number of aliphatic hydroxyl groups excluding tert-OH is 1. The van der Waals surface area contributed by atoms with Gasteiger partial charge in [0.05, 0.1) is 12.7 Å². The molecule has 0 amide bonds. The van der Waals surface area contributed by atoms with Crippen molar-refractivity contribution in [3.05, 3.63) is 77.0 Å². The van der Waals surface area contributed by atoms with E-state index in [-0.39, 0.29) is 0 Å². The first kappa shape index (κ1) is 26.3. The summed E-state index contributed by atoms with van der Waals surface area (Å²) >= 11 is 0. The van der Waals surface area contributed by atoms with Crippen molar-refractivity contribution in [2.24, 2.45) is 5.92 Å². The second-order valence-electron chi connectivity index (χ2n) is 10.3. The molecule has 6 nitrogen and oxygen atoms in total. The molecule has 0 radical (unpaired) electrons. The van der Waals surface area contributed by atoms with E-state index in [0.29, 0.717) is 25.7 Å². The topological polar surface area (TPSA) is 61.7 Å². The van der Waals surface area contributed by atoms with E-state index < -0.39 is 6.10 Å². The molecule has 1 aromatic heterocycles. The number of hydrogen-bond acceptors (Lipinski definition) is 6. The first-order chi connectivity index (χ1) is 17.4. The van der Waals surface area contributed by atoms with E-state index in [1.165, 1.54) is 16.7 Å². The lowest BCUT2D eigenvalue weighted by Crippen LogP contribution is -2.49. The molecular formula is C30H40N4O2. The van der Waals surface area contributed by atoms with Gasteiger partial charge in [0.25, 0.3) is 0 Å². The van der Waals surface area contributed by atoms with Gasteiger partial charge in [0.15, 0.2) is 5.82 Å². The van der Waals surface area contributed by atoms with E-state index in [2.05, 4.69) is 73.9 Å². The number of ether oxygens (including phenoxy) is 1. The fourth-order valence-electron chi connectivity index (χ4n) is 4.72. The number of anilines is 1. The molecule has 6 heteroatoms. The van der Waals surface area contributed by atoms with Gasteiger partial charge in [-0.25, -0.2) is 9.97 Å². The summed E-state index contributed by atoms with van der Waals surface area (Å²) in [5.41, 5.74) is 5.79. The molecule has 3 aromatic rings. The van der Waals surface area contributed by atoms with Crippen LogP contribution in [-0.2, 0) is 11.2 Å². The molecule has 1 unspecified atom stereocenters. The van der Waals surface area contributed by atoms with Crippen molar-refractivity contribution < 1.29 is 9.84 Å². The van der Waals surface area contributed by atoms with Gasteiger partial charge in [0.2, 0.25) is 0 Å². The lowest BCUT2D eigenvalue weighted by atomic mass is 10.0. The molecule has 0 spiro atoms. The predicted octanol–water partition coefficient (Wildman–Crippen LogP) is 4.51. The van der Waals surface area contributed by atoms with E-state index in [1.54, 1.807) is 0 Å². The first-order valence-electron chi connectivity index (χ1n) is 13.1. The molecule has 36 heavy (non-hydrogen) atoms. The normalized spacial score (nSPS) is 15.4. The minimum atomic E-state index is -0.460. The predicted molar refractivity (Wildman–Crippen MR) is 147 cm³/mol. The van der Waals surface area contributed by atoms with Gasteiger partial charge in [-0.3, -0.25) is 4.90 Å². The minimum absolute atomic E-state index is 0.393. The van der Waals surface area contributed by atoms with Crippen LogP contribution < -0.4 is 4.90 Å². The summed E-state index contributed by atoms with van der Waals surface area (Å²) in [6.07, 6.45) is 0.350. The average molecular weight is 489 g/mol. The van der Waals surface area contributed by atoms with Crippen LogP contribution in [0.4, 0.5) is 5.82 Å². The Kier molecular flexibility index (Phi) is 9.08. The third kappa shape index (κ3) is 7.12. The van der Waals surface area contributed by atoms with Crippen molar-refractivity contribution in [3.63, 3.8) is 0 Å². The highest BCUT2D eigenvalue weighted by atomic mass is 16.5. The highest BCUT2D eigenvalue weighted by Gasteiger charge is 2.24. The third-order valence-electron chi connectivity index (χ3n) is 6.59. The molecule has 0 aliphatic carbocycles. The number of benzene rings is 2. The van der Waals surface area contributed by atoms with Crippen molar-refractivity contribution in [2.45, 2.75) is 40.2 Å². The number of aliphatic hydroxyl groups is 1. The number of aryl methyl sites for hydroxylation is 2. The summed E-state index contributed by atoms with van der Waals surface area (Å²) in [4.78, 5) is 14.8. The van der Waals surface area contributed by atoms with Crippen LogP contribution in [0.3, 0.4) is 0 Å².